The highest BCUT2D eigenvalue weighted by atomic mass is 32.1. The van der Waals surface area contributed by atoms with Gasteiger partial charge in [0.1, 0.15) is 0 Å². The number of primary amides is 1. The summed E-state index contributed by atoms with van der Waals surface area (Å²) in [7, 11) is 0. The zero-order chi connectivity index (χ0) is 10.4. The second-order valence-electron chi connectivity index (χ2n) is 2.92. The molecule has 1 heterocycles. The van der Waals surface area contributed by atoms with Crippen molar-refractivity contribution in [3.8, 4) is 0 Å². The molecule has 0 saturated heterocycles. The highest BCUT2D eigenvalue weighted by Gasteiger charge is 2.03. The Hall–Kier alpha value is -0.910. The molecule has 0 aliphatic carbocycles. The van der Waals surface area contributed by atoms with E-state index in [4.69, 9.17) is 10.8 Å². The molecule has 78 valence electrons. The highest BCUT2D eigenvalue weighted by molar-refractivity contribution is 7.10. The lowest BCUT2D eigenvalue weighted by Gasteiger charge is -1.99. The van der Waals surface area contributed by atoms with Crippen LogP contribution in [0.1, 0.15) is 21.7 Å². The molecule has 0 atom stereocenters. The van der Waals surface area contributed by atoms with Crippen LogP contribution >= 0.6 is 11.3 Å². The first kappa shape index (κ1) is 11.2. The average Bonchev–Trinajstić information content (AvgIpc) is 2.61. The van der Waals surface area contributed by atoms with Crippen molar-refractivity contribution in [1.29, 1.82) is 0 Å². The number of carbonyl (C=O) groups excluding carboxylic acids is 1. The lowest BCUT2D eigenvalue weighted by atomic mass is 10.3. The molecule has 0 radical (unpaired) electrons. The first-order valence-electron chi connectivity index (χ1n) is 4.43. The summed E-state index contributed by atoms with van der Waals surface area (Å²) in [5, 5.41) is 13.5. The molecule has 0 aliphatic rings. The summed E-state index contributed by atoms with van der Waals surface area (Å²) in [4.78, 5) is 11.8. The smallest absolute Gasteiger partial charge is 0.249 e. The van der Waals surface area contributed by atoms with E-state index >= 15 is 0 Å². The van der Waals surface area contributed by atoms with Gasteiger partial charge in [0, 0.05) is 23.4 Å². The zero-order valence-electron chi connectivity index (χ0n) is 7.82. The maximum absolute atomic E-state index is 10.8. The number of aliphatic hydroxyl groups is 1. The van der Waals surface area contributed by atoms with Crippen molar-refractivity contribution in [3.63, 3.8) is 0 Å². The average molecular weight is 214 g/mol. The van der Waals surface area contributed by atoms with E-state index in [2.05, 4.69) is 5.32 Å². The van der Waals surface area contributed by atoms with Crippen LogP contribution in [0.4, 0.5) is 0 Å². The minimum atomic E-state index is -0.386. The Labute approximate surface area is 86.7 Å². The molecule has 0 fully saturated rings. The van der Waals surface area contributed by atoms with Gasteiger partial charge >= 0.3 is 0 Å². The Balaban J connectivity index is 2.33. The lowest BCUT2D eigenvalue weighted by molar-refractivity contribution is 0.100. The highest BCUT2D eigenvalue weighted by Crippen LogP contribution is 2.13. The maximum atomic E-state index is 10.8. The van der Waals surface area contributed by atoms with Gasteiger partial charge < -0.3 is 16.2 Å². The fourth-order valence-corrected chi connectivity index (χ4v) is 1.86. The maximum Gasteiger partial charge on any atom is 0.249 e. The molecular formula is C9H14N2O2S. The topological polar surface area (TPSA) is 75.4 Å². The van der Waals surface area contributed by atoms with Crippen molar-refractivity contribution in [1.82, 2.24) is 5.32 Å². The normalized spacial score (nSPS) is 10.4. The van der Waals surface area contributed by atoms with Gasteiger partial charge in [-0.3, -0.25) is 4.79 Å². The lowest BCUT2D eigenvalue weighted by Crippen LogP contribution is -2.15. The van der Waals surface area contributed by atoms with Crippen LogP contribution in [0.2, 0.25) is 0 Å². The van der Waals surface area contributed by atoms with E-state index in [1.165, 1.54) is 11.3 Å². The fourth-order valence-electron chi connectivity index (χ4n) is 1.02. The van der Waals surface area contributed by atoms with Crippen LogP contribution in [0.25, 0.3) is 0 Å². The second-order valence-corrected chi connectivity index (χ2v) is 3.92. The molecule has 1 aromatic rings. The number of aliphatic hydroxyl groups excluding tert-OH is 1. The Bertz CT molecular complexity index is 299. The predicted molar refractivity (Wildman–Crippen MR) is 56.2 cm³/mol. The third-order valence-corrected chi connectivity index (χ3v) is 2.69. The van der Waals surface area contributed by atoms with Crippen LogP contribution in [-0.2, 0) is 6.54 Å². The van der Waals surface area contributed by atoms with Crippen molar-refractivity contribution in [3.05, 3.63) is 21.9 Å². The molecule has 1 aromatic heterocycles. The molecule has 0 bridgehead atoms. The van der Waals surface area contributed by atoms with Gasteiger partial charge in [-0.15, -0.1) is 11.3 Å². The van der Waals surface area contributed by atoms with Gasteiger partial charge in [-0.2, -0.15) is 0 Å². The van der Waals surface area contributed by atoms with Gasteiger partial charge in [0.05, 0.1) is 5.56 Å². The van der Waals surface area contributed by atoms with Crippen LogP contribution in [0.3, 0.4) is 0 Å². The van der Waals surface area contributed by atoms with Crippen LogP contribution < -0.4 is 11.1 Å². The monoisotopic (exact) mass is 214 g/mol. The number of thiophene rings is 1. The molecule has 0 unspecified atom stereocenters. The van der Waals surface area contributed by atoms with E-state index in [-0.39, 0.29) is 12.5 Å². The van der Waals surface area contributed by atoms with Gasteiger partial charge in [0.15, 0.2) is 0 Å². The number of nitrogens with one attached hydrogen (secondary N) is 1. The van der Waals surface area contributed by atoms with E-state index in [0.29, 0.717) is 5.56 Å². The summed E-state index contributed by atoms with van der Waals surface area (Å²) in [5.74, 6) is -0.386. The Kier molecular flexibility index (Phi) is 4.58. The first-order valence-corrected chi connectivity index (χ1v) is 5.31. The number of amides is 1. The van der Waals surface area contributed by atoms with Crippen molar-refractivity contribution in [2.75, 3.05) is 13.2 Å². The Morgan fingerprint density at radius 1 is 1.64 bits per heavy atom. The SMILES string of the molecule is NC(=O)c1csc(CNCCCO)c1. The summed E-state index contributed by atoms with van der Waals surface area (Å²) in [5.41, 5.74) is 5.68. The first-order chi connectivity index (χ1) is 6.74. The van der Waals surface area contributed by atoms with Crippen molar-refractivity contribution in [2.24, 2.45) is 5.73 Å². The minimum Gasteiger partial charge on any atom is -0.396 e. The van der Waals surface area contributed by atoms with Crippen LogP contribution in [-0.4, -0.2) is 24.2 Å². The van der Waals surface area contributed by atoms with Crippen LogP contribution in [0.5, 0.6) is 0 Å². The summed E-state index contributed by atoms with van der Waals surface area (Å²) in [6.45, 7) is 1.70. The van der Waals surface area contributed by atoms with Crippen molar-refractivity contribution in [2.45, 2.75) is 13.0 Å². The quantitative estimate of drug-likeness (QED) is 0.597. The Morgan fingerprint density at radius 3 is 3.00 bits per heavy atom. The van der Waals surface area contributed by atoms with E-state index in [1.807, 2.05) is 0 Å². The molecule has 4 N–H and O–H groups in total. The van der Waals surface area contributed by atoms with E-state index < -0.39 is 0 Å². The summed E-state index contributed by atoms with van der Waals surface area (Å²) >= 11 is 1.51. The summed E-state index contributed by atoms with van der Waals surface area (Å²) in [6.07, 6.45) is 0.744. The van der Waals surface area contributed by atoms with Crippen molar-refractivity contribution >= 4 is 17.2 Å². The molecule has 14 heavy (non-hydrogen) atoms. The van der Waals surface area contributed by atoms with Gasteiger partial charge in [-0.25, -0.2) is 0 Å². The van der Waals surface area contributed by atoms with Crippen molar-refractivity contribution < 1.29 is 9.90 Å². The number of rotatable bonds is 6. The molecular weight excluding hydrogens is 200 g/mol. The fraction of sp³-hybridized carbons (Fsp3) is 0.444. The number of hydrogen-bond acceptors (Lipinski definition) is 4. The predicted octanol–water partition coefficient (Wildman–Crippen LogP) is 0.319. The molecule has 4 nitrogen and oxygen atoms in total. The van der Waals surface area contributed by atoms with E-state index in [9.17, 15) is 4.79 Å². The van der Waals surface area contributed by atoms with Gasteiger partial charge in [-0.1, -0.05) is 0 Å². The molecule has 0 spiro atoms. The summed E-state index contributed by atoms with van der Waals surface area (Å²) < 4.78 is 0. The second kappa shape index (κ2) is 5.74. The molecule has 1 amide bonds. The summed E-state index contributed by atoms with van der Waals surface area (Å²) in [6, 6.07) is 1.79. The minimum absolute atomic E-state index is 0.198. The number of carbonyl (C=O) groups is 1. The van der Waals surface area contributed by atoms with E-state index in [0.717, 1.165) is 24.4 Å². The Morgan fingerprint density at radius 2 is 2.43 bits per heavy atom. The zero-order valence-corrected chi connectivity index (χ0v) is 8.64. The molecule has 0 aliphatic heterocycles. The van der Waals surface area contributed by atoms with E-state index in [1.54, 1.807) is 11.4 Å². The third kappa shape index (κ3) is 3.45. The largest absolute Gasteiger partial charge is 0.396 e. The number of nitrogens with two attached hydrogens (primary N) is 1. The van der Waals surface area contributed by atoms with Gasteiger partial charge in [0.25, 0.3) is 0 Å². The molecule has 0 aromatic carbocycles. The van der Waals surface area contributed by atoms with Gasteiger partial charge in [0.2, 0.25) is 5.91 Å². The molecule has 5 heteroatoms. The van der Waals surface area contributed by atoms with Crippen LogP contribution in [0.15, 0.2) is 11.4 Å². The third-order valence-electron chi connectivity index (χ3n) is 1.75. The standard InChI is InChI=1S/C9H14N2O2S/c10-9(13)7-4-8(14-6-7)5-11-2-1-3-12/h4,6,11-12H,1-3,5H2,(H2,10,13). The van der Waals surface area contributed by atoms with Gasteiger partial charge in [-0.05, 0) is 19.0 Å². The van der Waals surface area contributed by atoms with Crippen LogP contribution in [0, 0.1) is 0 Å². The number of hydrogen-bond donors (Lipinski definition) is 3. The molecule has 0 saturated carbocycles. The molecule has 1 rings (SSSR count).